The van der Waals surface area contributed by atoms with Gasteiger partial charge in [0.2, 0.25) is 5.91 Å². The van der Waals surface area contributed by atoms with Gasteiger partial charge in [0, 0.05) is 12.2 Å². The maximum atomic E-state index is 11.1. The Morgan fingerprint density at radius 3 is 2.80 bits per heavy atom. The summed E-state index contributed by atoms with van der Waals surface area (Å²) in [5.41, 5.74) is 3.83. The molecule has 0 radical (unpaired) electrons. The van der Waals surface area contributed by atoms with Crippen molar-refractivity contribution in [2.75, 3.05) is 13.2 Å². The molecule has 2 N–H and O–H groups in total. The molecule has 154 valence electrons. The van der Waals surface area contributed by atoms with Crippen molar-refractivity contribution >= 4 is 28.7 Å². The number of nitrogens with zero attached hydrogens (tertiary/aromatic N) is 2. The molecule has 3 aliphatic heterocycles. The van der Waals surface area contributed by atoms with Gasteiger partial charge >= 0.3 is 0 Å². The van der Waals surface area contributed by atoms with E-state index < -0.39 is 0 Å². The molecule has 6 rings (SSSR count). The van der Waals surface area contributed by atoms with Crippen LogP contribution in [0, 0.1) is 0 Å². The summed E-state index contributed by atoms with van der Waals surface area (Å²) >= 11 is 6.50. The number of fused-ring (bicyclic) bond motifs is 2. The van der Waals surface area contributed by atoms with E-state index in [9.17, 15) is 4.79 Å². The number of aromatic nitrogens is 3. The minimum Gasteiger partial charge on any atom is -0.456 e. The van der Waals surface area contributed by atoms with Crippen molar-refractivity contribution in [1.82, 2.24) is 20.3 Å². The summed E-state index contributed by atoms with van der Waals surface area (Å²) in [6, 6.07) is 10.2. The zero-order valence-electron chi connectivity index (χ0n) is 15.9. The quantitative estimate of drug-likeness (QED) is 0.622. The van der Waals surface area contributed by atoms with Crippen molar-refractivity contribution in [3.8, 4) is 17.3 Å². The summed E-state index contributed by atoms with van der Waals surface area (Å²) in [7, 11) is 0. The topological polar surface area (TPSA) is 98.4 Å². The second kappa shape index (κ2) is 6.94. The van der Waals surface area contributed by atoms with E-state index in [2.05, 4.69) is 20.3 Å². The van der Waals surface area contributed by atoms with Crippen molar-refractivity contribution in [3.63, 3.8) is 0 Å². The van der Waals surface area contributed by atoms with Crippen molar-refractivity contribution in [3.05, 3.63) is 40.9 Å². The smallest absolute Gasteiger partial charge is 0.296 e. The molecule has 0 aliphatic carbocycles. The van der Waals surface area contributed by atoms with Gasteiger partial charge < -0.3 is 24.5 Å². The molecule has 1 aromatic carbocycles. The third-order valence-electron chi connectivity index (χ3n) is 5.90. The standard InChI is InChI=1S/C21H19ClN4O4/c22-12-7-14-20(26-21(24-14)30-16-9-29-15-5-6-28-19(15)16)25-18(12)11-3-1-10(2-4-11)13-8-17(27)23-13/h1-4,7,13,15-16,19H,5-6,8-9H2,(H,23,27)(H,24,25,26). The third kappa shape index (κ3) is 3.03. The van der Waals surface area contributed by atoms with E-state index in [4.69, 9.17) is 25.8 Å². The highest BCUT2D eigenvalue weighted by atomic mass is 35.5. The number of ether oxygens (including phenoxy) is 3. The lowest BCUT2D eigenvalue weighted by Gasteiger charge is -2.27. The first-order valence-corrected chi connectivity index (χ1v) is 10.4. The lowest BCUT2D eigenvalue weighted by molar-refractivity contribution is -0.128. The Bertz CT molecular complexity index is 1120. The van der Waals surface area contributed by atoms with E-state index in [1.165, 1.54) is 0 Å². The number of aromatic amines is 1. The van der Waals surface area contributed by atoms with Crippen LogP contribution in [0.5, 0.6) is 6.01 Å². The van der Waals surface area contributed by atoms with Gasteiger partial charge in [-0.2, -0.15) is 4.98 Å². The Balaban J connectivity index is 1.25. The number of H-pyrrole nitrogens is 1. The molecule has 9 heteroatoms. The van der Waals surface area contributed by atoms with E-state index in [-0.39, 0.29) is 30.3 Å². The number of nitrogens with one attached hydrogen (secondary N) is 2. The molecule has 3 aliphatic rings. The van der Waals surface area contributed by atoms with Crippen molar-refractivity contribution in [2.24, 2.45) is 0 Å². The van der Waals surface area contributed by atoms with E-state index >= 15 is 0 Å². The molecule has 3 aromatic rings. The molecular formula is C21H19ClN4O4. The third-order valence-corrected chi connectivity index (χ3v) is 6.19. The van der Waals surface area contributed by atoms with E-state index in [0.717, 1.165) is 17.5 Å². The molecule has 3 fully saturated rings. The van der Waals surface area contributed by atoms with Gasteiger partial charge in [0.05, 0.1) is 41.4 Å². The molecule has 0 saturated carbocycles. The molecule has 0 bridgehead atoms. The van der Waals surface area contributed by atoms with Crippen LogP contribution in [0.3, 0.4) is 0 Å². The number of carbonyl (C=O) groups excluding carboxylic acids is 1. The Kier molecular flexibility index (Phi) is 4.19. The van der Waals surface area contributed by atoms with Gasteiger partial charge in [0.15, 0.2) is 11.8 Å². The van der Waals surface area contributed by atoms with Crippen LogP contribution >= 0.6 is 11.6 Å². The fourth-order valence-electron chi connectivity index (χ4n) is 4.26. The van der Waals surface area contributed by atoms with Crippen LogP contribution in [0.1, 0.15) is 24.4 Å². The average molecular weight is 427 g/mol. The van der Waals surface area contributed by atoms with Gasteiger partial charge in [-0.25, -0.2) is 4.98 Å². The number of pyridine rings is 1. The minimum absolute atomic E-state index is 0.0516. The summed E-state index contributed by atoms with van der Waals surface area (Å²) in [6.45, 7) is 1.18. The molecule has 30 heavy (non-hydrogen) atoms. The molecule has 4 unspecified atom stereocenters. The van der Waals surface area contributed by atoms with Gasteiger partial charge in [-0.1, -0.05) is 35.9 Å². The maximum absolute atomic E-state index is 11.1. The van der Waals surface area contributed by atoms with Crippen LogP contribution in [0.4, 0.5) is 0 Å². The predicted octanol–water partition coefficient (Wildman–Crippen LogP) is 2.77. The average Bonchev–Trinajstić information content (AvgIpc) is 3.42. The van der Waals surface area contributed by atoms with Crippen LogP contribution in [0.15, 0.2) is 30.3 Å². The molecule has 1 amide bonds. The number of imidazole rings is 1. The van der Waals surface area contributed by atoms with Crippen LogP contribution in [0.25, 0.3) is 22.4 Å². The van der Waals surface area contributed by atoms with Crippen molar-refractivity contribution < 1.29 is 19.0 Å². The summed E-state index contributed by atoms with van der Waals surface area (Å²) < 4.78 is 17.4. The summed E-state index contributed by atoms with van der Waals surface area (Å²) in [4.78, 5) is 23.4. The van der Waals surface area contributed by atoms with Crippen molar-refractivity contribution in [1.29, 1.82) is 0 Å². The van der Waals surface area contributed by atoms with Crippen LogP contribution in [0.2, 0.25) is 5.02 Å². The normalized spacial score (nSPS) is 27.7. The first-order chi connectivity index (χ1) is 14.6. The molecule has 0 spiro atoms. The SMILES string of the molecule is O=C1CC(c2ccc(-c3nc4nc(OC5COC6CCOC65)[nH]c4cc3Cl)cc2)N1. The number of hydrogen-bond donors (Lipinski definition) is 2. The highest BCUT2D eigenvalue weighted by molar-refractivity contribution is 6.33. The zero-order chi connectivity index (χ0) is 20.2. The molecule has 3 saturated heterocycles. The number of hydrogen-bond acceptors (Lipinski definition) is 6. The summed E-state index contributed by atoms with van der Waals surface area (Å²) in [5, 5.41) is 3.39. The second-order valence-electron chi connectivity index (χ2n) is 7.83. The highest BCUT2D eigenvalue weighted by Crippen LogP contribution is 2.33. The van der Waals surface area contributed by atoms with Gasteiger partial charge in [0.1, 0.15) is 6.10 Å². The predicted molar refractivity (Wildman–Crippen MR) is 108 cm³/mol. The molecule has 4 atom stereocenters. The fraction of sp³-hybridized carbons (Fsp3) is 0.381. The lowest BCUT2D eigenvalue weighted by atomic mass is 9.96. The van der Waals surface area contributed by atoms with E-state index in [1.807, 2.05) is 24.3 Å². The van der Waals surface area contributed by atoms with Gasteiger partial charge in [-0.3, -0.25) is 4.79 Å². The largest absolute Gasteiger partial charge is 0.456 e. The number of β-lactam (4-membered cyclic amide) rings is 1. The van der Waals surface area contributed by atoms with Crippen LogP contribution in [-0.2, 0) is 14.3 Å². The zero-order valence-corrected chi connectivity index (χ0v) is 16.7. The number of benzene rings is 1. The number of rotatable bonds is 4. The maximum Gasteiger partial charge on any atom is 0.296 e. The van der Waals surface area contributed by atoms with Crippen LogP contribution in [-0.4, -0.2) is 52.4 Å². The van der Waals surface area contributed by atoms with Gasteiger partial charge in [-0.15, -0.1) is 0 Å². The monoisotopic (exact) mass is 426 g/mol. The van der Waals surface area contributed by atoms with Crippen LogP contribution < -0.4 is 10.1 Å². The first-order valence-electron chi connectivity index (χ1n) is 10.00. The Morgan fingerprint density at radius 1 is 1.17 bits per heavy atom. The number of carbonyl (C=O) groups is 1. The minimum atomic E-state index is -0.187. The summed E-state index contributed by atoms with van der Waals surface area (Å²) in [6.07, 6.45) is 1.29. The van der Waals surface area contributed by atoms with Crippen molar-refractivity contribution in [2.45, 2.75) is 37.2 Å². The molecule has 2 aromatic heterocycles. The van der Waals surface area contributed by atoms with Gasteiger partial charge in [-0.05, 0) is 18.1 Å². The Labute approximate surface area is 176 Å². The van der Waals surface area contributed by atoms with Gasteiger partial charge in [0.25, 0.3) is 6.01 Å². The first kappa shape index (κ1) is 18.1. The Morgan fingerprint density at radius 2 is 2.00 bits per heavy atom. The number of amides is 1. The highest BCUT2D eigenvalue weighted by Gasteiger charge is 2.43. The molecule has 5 heterocycles. The number of halogens is 1. The summed E-state index contributed by atoms with van der Waals surface area (Å²) in [5.74, 6) is 0.0787. The second-order valence-corrected chi connectivity index (χ2v) is 8.24. The van der Waals surface area contributed by atoms with E-state index in [0.29, 0.717) is 47.5 Å². The lowest BCUT2D eigenvalue weighted by Crippen LogP contribution is -2.41. The molecule has 8 nitrogen and oxygen atoms in total. The van der Waals surface area contributed by atoms with E-state index in [1.54, 1.807) is 6.07 Å². The fourth-order valence-corrected chi connectivity index (χ4v) is 4.52. The molecular weight excluding hydrogens is 408 g/mol. The Hall–Kier alpha value is -2.68.